The van der Waals surface area contributed by atoms with E-state index >= 15 is 0 Å². The molecule has 8 nitrogen and oxygen atoms in total. The number of carbonyl (C=O) groups is 3. The number of thioether (sulfide) groups is 1. The van der Waals surface area contributed by atoms with Crippen molar-refractivity contribution in [2.75, 3.05) is 11.5 Å². The summed E-state index contributed by atoms with van der Waals surface area (Å²) < 4.78 is 5.01. The Balaban J connectivity index is 2.38. The summed E-state index contributed by atoms with van der Waals surface area (Å²) in [5, 5.41) is 2.38. The lowest BCUT2D eigenvalue weighted by molar-refractivity contribution is -0.119. The Kier molecular flexibility index (Phi) is 7.92. The lowest BCUT2D eigenvalue weighted by Crippen LogP contribution is -2.47. The predicted octanol–water partition coefficient (Wildman–Crippen LogP) is -0.687. The SMILES string of the molecule is NC(=O)C(N)CSC[C@H](NC(=O)OCc1ccccc1)C(N)=O. The van der Waals surface area contributed by atoms with Crippen LogP contribution in [0.3, 0.4) is 0 Å². The average Bonchev–Trinajstić information content (AvgIpc) is 2.52. The standard InChI is InChI=1S/C14H20N4O4S/c15-10(12(16)19)7-23-8-11(13(17)20)18-14(21)22-6-9-4-2-1-3-5-9/h1-5,10-11H,6-8,15H2,(H2,16,19)(H2,17,20)(H,18,21)/t10?,11-/m0/s1. The number of hydrogen-bond donors (Lipinski definition) is 4. The van der Waals surface area contributed by atoms with Crippen LogP contribution in [-0.2, 0) is 20.9 Å². The van der Waals surface area contributed by atoms with E-state index < -0.39 is 30.0 Å². The third kappa shape index (κ3) is 7.52. The molecule has 0 aliphatic carbocycles. The van der Waals surface area contributed by atoms with Gasteiger partial charge < -0.3 is 27.3 Å². The molecule has 0 radical (unpaired) electrons. The van der Waals surface area contributed by atoms with Crippen molar-refractivity contribution in [1.29, 1.82) is 0 Å². The summed E-state index contributed by atoms with van der Waals surface area (Å²) in [7, 11) is 0. The average molecular weight is 340 g/mol. The van der Waals surface area contributed by atoms with Crippen LogP contribution in [0.1, 0.15) is 5.56 Å². The molecule has 0 aliphatic heterocycles. The summed E-state index contributed by atoms with van der Waals surface area (Å²) in [5.41, 5.74) is 16.5. The first-order valence-corrected chi connectivity index (χ1v) is 7.94. The first-order valence-electron chi connectivity index (χ1n) is 6.79. The molecule has 2 atom stereocenters. The fourth-order valence-corrected chi connectivity index (χ4v) is 2.53. The Bertz CT molecular complexity index is 541. The molecule has 7 N–H and O–H groups in total. The van der Waals surface area contributed by atoms with Gasteiger partial charge >= 0.3 is 6.09 Å². The molecule has 1 aromatic carbocycles. The molecule has 0 heterocycles. The van der Waals surface area contributed by atoms with Gasteiger partial charge in [-0.2, -0.15) is 11.8 Å². The van der Waals surface area contributed by atoms with Crippen LogP contribution in [0.4, 0.5) is 4.79 Å². The van der Waals surface area contributed by atoms with Crippen LogP contribution in [0.2, 0.25) is 0 Å². The van der Waals surface area contributed by atoms with E-state index in [0.717, 1.165) is 5.56 Å². The zero-order chi connectivity index (χ0) is 17.2. The fraction of sp³-hybridized carbons (Fsp3) is 0.357. The first-order chi connectivity index (χ1) is 10.9. The van der Waals surface area contributed by atoms with Crippen molar-refractivity contribution in [2.45, 2.75) is 18.7 Å². The minimum absolute atomic E-state index is 0.0812. The molecular weight excluding hydrogens is 320 g/mol. The zero-order valence-corrected chi connectivity index (χ0v) is 13.3. The second kappa shape index (κ2) is 9.70. The Morgan fingerprint density at radius 1 is 1.09 bits per heavy atom. The highest BCUT2D eigenvalue weighted by Crippen LogP contribution is 2.06. The zero-order valence-electron chi connectivity index (χ0n) is 12.4. The molecule has 126 valence electrons. The number of nitrogens with two attached hydrogens (primary N) is 3. The minimum Gasteiger partial charge on any atom is -0.445 e. The van der Waals surface area contributed by atoms with Gasteiger partial charge in [0.2, 0.25) is 11.8 Å². The smallest absolute Gasteiger partial charge is 0.408 e. The minimum atomic E-state index is -0.927. The molecule has 23 heavy (non-hydrogen) atoms. The maximum atomic E-state index is 11.7. The molecule has 1 unspecified atom stereocenters. The number of benzene rings is 1. The van der Waals surface area contributed by atoms with E-state index in [2.05, 4.69) is 5.32 Å². The van der Waals surface area contributed by atoms with Crippen molar-refractivity contribution in [1.82, 2.24) is 5.32 Å². The van der Waals surface area contributed by atoms with Crippen LogP contribution in [0.5, 0.6) is 0 Å². The molecule has 0 saturated carbocycles. The van der Waals surface area contributed by atoms with Gasteiger partial charge in [0.1, 0.15) is 12.6 Å². The molecule has 1 rings (SSSR count). The first kappa shape index (κ1) is 18.8. The molecule has 0 fully saturated rings. The number of carbonyl (C=O) groups excluding carboxylic acids is 3. The Morgan fingerprint density at radius 2 is 1.74 bits per heavy atom. The number of amides is 3. The third-order valence-electron chi connectivity index (χ3n) is 2.80. The van der Waals surface area contributed by atoms with Crippen molar-refractivity contribution in [3.05, 3.63) is 35.9 Å². The van der Waals surface area contributed by atoms with E-state index in [1.165, 1.54) is 11.8 Å². The number of hydrogen-bond acceptors (Lipinski definition) is 6. The molecule has 0 aliphatic rings. The topological polar surface area (TPSA) is 151 Å². The van der Waals surface area contributed by atoms with Gasteiger partial charge in [-0.3, -0.25) is 9.59 Å². The van der Waals surface area contributed by atoms with Crippen molar-refractivity contribution < 1.29 is 19.1 Å². The van der Waals surface area contributed by atoms with Gasteiger partial charge in [-0.1, -0.05) is 30.3 Å². The summed E-state index contributed by atoms with van der Waals surface area (Å²) in [6, 6.07) is 7.35. The van der Waals surface area contributed by atoms with Gasteiger partial charge in [-0.05, 0) is 5.56 Å². The molecule has 0 aromatic heterocycles. The van der Waals surface area contributed by atoms with Crippen molar-refractivity contribution >= 4 is 29.7 Å². The maximum Gasteiger partial charge on any atom is 0.408 e. The van der Waals surface area contributed by atoms with Gasteiger partial charge in [0.15, 0.2) is 0 Å². The Labute approximate surface area is 138 Å². The molecule has 1 aromatic rings. The van der Waals surface area contributed by atoms with Crippen LogP contribution in [0.15, 0.2) is 30.3 Å². The monoisotopic (exact) mass is 340 g/mol. The van der Waals surface area contributed by atoms with Crippen LogP contribution in [0, 0.1) is 0 Å². The summed E-state index contributed by atoms with van der Waals surface area (Å²) >= 11 is 1.19. The quantitative estimate of drug-likeness (QED) is 0.467. The van der Waals surface area contributed by atoms with Gasteiger partial charge in [-0.25, -0.2) is 4.79 Å². The second-order valence-electron chi connectivity index (χ2n) is 4.71. The third-order valence-corrected chi connectivity index (χ3v) is 3.96. The number of rotatable bonds is 9. The van der Waals surface area contributed by atoms with Crippen molar-refractivity contribution in [3.63, 3.8) is 0 Å². The second-order valence-corrected chi connectivity index (χ2v) is 5.78. The van der Waals surface area contributed by atoms with Crippen LogP contribution in [0.25, 0.3) is 0 Å². The molecule has 3 amide bonds. The van der Waals surface area contributed by atoms with Crippen LogP contribution >= 0.6 is 11.8 Å². The fourth-order valence-electron chi connectivity index (χ4n) is 1.50. The van der Waals surface area contributed by atoms with E-state index in [4.69, 9.17) is 21.9 Å². The van der Waals surface area contributed by atoms with E-state index in [-0.39, 0.29) is 18.1 Å². The molecular formula is C14H20N4O4S. The summed E-state index contributed by atoms with van der Waals surface area (Å²) in [4.78, 5) is 33.8. The Morgan fingerprint density at radius 3 is 2.30 bits per heavy atom. The summed E-state index contributed by atoms with van der Waals surface area (Å²) in [6.45, 7) is 0.0812. The predicted molar refractivity (Wildman–Crippen MR) is 87.2 cm³/mol. The van der Waals surface area contributed by atoms with Crippen molar-refractivity contribution in [2.24, 2.45) is 17.2 Å². The van der Waals surface area contributed by atoms with E-state index in [1.54, 1.807) is 12.1 Å². The summed E-state index contributed by atoms with van der Waals surface area (Å²) in [6.07, 6.45) is -0.752. The highest BCUT2D eigenvalue weighted by molar-refractivity contribution is 7.99. The molecule has 0 saturated heterocycles. The highest BCUT2D eigenvalue weighted by atomic mass is 32.2. The van der Waals surface area contributed by atoms with Crippen molar-refractivity contribution in [3.8, 4) is 0 Å². The maximum absolute atomic E-state index is 11.7. The Hall–Kier alpha value is -2.26. The molecule has 0 bridgehead atoms. The molecule has 0 spiro atoms. The number of nitrogens with one attached hydrogen (secondary N) is 1. The van der Waals surface area contributed by atoms with E-state index in [9.17, 15) is 14.4 Å². The number of ether oxygens (including phenoxy) is 1. The normalized spacial score (nSPS) is 12.9. The van der Waals surface area contributed by atoms with Gasteiger partial charge in [0, 0.05) is 11.5 Å². The van der Waals surface area contributed by atoms with E-state index in [0.29, 0.717) is 0 Å². The van der Waals surface area contributed by atoms with Gasteiger partial charge in [0.25, 0.3) is 0 Å². The lowest BCUT2D eigenvalue weighted by atomic mass is 10.2. The highest BCUT2D eigenvalue weighted by Gasteiger charge is 2.20. The summed E-state index contributed by atoms with van der Waals surface area (Å²) in [5.74, 6) is -0.957. The number of alkyl carbamates (subject to hydrolysis) is 1. The van der Waals surface area contributed by atoms with E-state index in [1.807, 2.05) is 18.2 Å². The van der Waals surface area contributed by atoms with Crippen LogP contribution in [-0.4, -0.2) is 41.5 Å². The van der Waals surface area contributed by atoms with Gasteiger partial charge in [-0.15, -0.1) is 0 Å². The largest absolute Gasteiger partial charge is 0.445 e. The molecule has 9 heteroatoms. The van der Waals surface area contributed by atoms with Gasteiger partial charge in [0.05, 0.1) is 6.04 Å². The van der Waals surface area contributed by atoms with Crippen LogP contribution < -0.4 is 22.5 Å². The lowest BCUT2D eigenvalue weighted by Gasteiger charge is -2.16. The number of primary amides is 2.